The van der Waals surface area contributed by atoms with E-state index >= 15 is 0 Å². The number of benzene rings is 1. The number of rotatable bonds is 6. The summed E-state index contributed by atoms with van der Waals surface area (Å²) in [5.74, 6) is 0.309. The quantitative estimate of drug-likeness (QED) is 0.634. The van der Waals surface area contributed by atoms with E-state index in [0.29, 0.717) is 21.5 Å². The number of aliphatic hydroxyl groups is 1. The third-order valence-corrected chi connectivity index (χ3v) is 3.23. The van der Waals surface area contributed by atoms with Crippen LogP contribution in [-0.4, -0.2) is 31.9 Å². The molecule has 1 atom stereocenters. The SMILES string of the molecule is C=C(C(=O)OCC)C(O)c1cc(Br)c(OC)c(OC)c1. The molecule has 0 aliphatic carbocycles. The minimum Gasteiger partial charge on any atom is -0.493 e. The van der Waals surface area contributed by atoms with E-state index in [4.69, 9.17) is 14.2 Å². The Morgan fingerprint density at radius 1 is 1.40 bits per heavy atom. The van der Waals surface area contributed by atoms with Crippen LogP contribution in [0, 0.1) is 0 Å². The van der Waals surface area contributed by atoms with Gasteiger partial charge in [0.05, 0.1) is 30.9 Å². The van der Waals surface area contributed by atoms with Crippen LogP contribution in [0.1, 0.15) is 18.6 Å². The van der Waals surface area contributed by atoms with Gasteiger partial charge in [-0.2, -0.15) is 0 Å². The molecule has 0 aromatic heterocycles. The second-order valence-electron chi connectivity index (χ2n) is 3.89. The molecule has 0 saturated heterocycles. The average Bonchev–Trinajstić information content (AvgIpc) is 2.44. The van der Waals surface area contributed by atoms with Gasteiger partial charge < -0.3 is 19.3 Å². The minimum atomic E-state index is -1.18. The van der Waals surface area contributed by atoms with Crippen LogP contribution in [0.4, 0.5) is 0 Å². The second kappa shape index (κ2) is 7.31. The number of halogens is 1. The first-order valence-electron chi connectivity index (χ1n) is 5.91. The zero-order chi connectivity index (χ0) is 15.3. The highest BCUT2D eigenvalue weighted by Gasteiger charge is 2.22. The summed E-state index contributed by atoms with van der Waals surface area (Å²) in [5.41, 5.74) is 0.415. The van der Waals surface area contributed by atoms with Crippen molar-refractivity contribution < 1.29 is 24.1 Å². The lowest BCUT2D eigenvalue weighted by Crippen LogP contribution is -2.14. The minimum absolute atomic E-state index is 0.0361. The van der Waals surface area contributed by atoms with Gasteiger partial charge in [-0.3, -0.25) is 0 Å². The highest BCUT2D eigenvalue weighted by atomic mass is 79.9. The third-order valence-electron chi connectivity index (χ3n) is 2.64. The van der Waals surface area contributed by atoms with Gasteiger partial charge in [-0.25, -0.2) is 4.79 Å². The number of ether oxygens (including phenoxy) is 3. The van der Waals surface area contributed by atoms with E-state index in [-0.39, 0.29) is 12.2 Å². The van der Waals surface area contributed by atoms with Gasteiger partial charge in [0.1, 0.15) is 6.10 Å². The van der Waals surface area contributed by atoms with Crippen molar-refractivity contribution in [3.8, 4) is 11.5 Å². The summed E-state index contributed by atoms with van der Waals surface area (Å²) in [5, 5.41) is 10.2. The number of methoxy groups -OCH3 is 2. The first kappa shape index (κ1) is 16.5. The van der Waals surface area contributed by atoms with Crippen molar-refractivity contribution in [1.82, 2.24) is 0 Å². The van der Waals surface area contributed by atoms with E-state index in [1.807, 2.05) is 0 Å². The van der Waals surface area contributed by atoms with Crippen LogP contribution in [0.5, 0.6) is 11.5 Å². The Balaban J connectivity index is 3.11. The van der Waals surface area contributed by atoms with Gasteiger partial charge in [0, 0.05) is 0 Å². The Labute approximate surface area is 126 Å². The highest BCUT2D eigenvalue weighted by molar-refractivity contribution is 9.10. The Bertz CT molecular complexity index is 513. The lowest BCUT2D eigenvalue weighted by atomic mass is 10.0. The molecule has 1 aromatic rings. The maximum absolute atomic E-state index is 11.6. The predicted octanol–water partition coefficient (Wildman–Crippen LogP) is 2.62. The van der Waals surface area contributed by atoms with Gasteiger partial charge in [0.25, 0.3) is 0 Å². The van der Waals surface area contributed by atoms with Crippen molar-refractivity contribution in [2.24, 2.45) is 0 Å². The van der Waals surface area contributed by atoms with Crippen LogP contribution in [0.15, 0.2) is 28.8 Å². The van der Waals surface area contributed by atoms with E-state index in [2.05, 4.69) is 22.5 Å². The summed E-state index contributed by atoms with van der Waals surface area (Å²) in [6.45, 7) is 5.47. The molecule has 0 spiro atoms. The number of esters is 1. The normalized spacial score (nSPS) is 11.7. The van der Waals surface area contributed by atoms with Crippen molar-refractivity contribution in [1.29, 1.82) is 0 Å². The van der Waals surface area contributed by atoms with Crippen LogP contribution in [0.3, 0.4) is 0 Å². The smallest absolute Gasteiger partial charge is 0.336 e. The molecule has 0 fully saturated rings. The maximum atomic E-state index is 11.6. The summed E-state index contributed by atoms with van der Waals surface area (Å²) in [6.07, 6.45) is -1.18. The molecule has 110 valence electrons. The van der Waals surface area contributed by atoms with Crippen LogP contribution in [0.25, 0.3) is 0 Å². The molecular weight excluding hydrogens is 328 g/mol. The van der Waals surface area contributed by atoms with Gasteiger partial charge in [-0.1, -0.05) is 6.58 Å². The molecule has 1 N–H and O–H groups in total. The van der Waals surface area contributed by atoms with Crippen LogP contribution in [-0.2, 0) is 9.53 Å². The number of hydrogen-bond donors (Lipinski definition) is 1. The standard InChI is InChI=1S/C14H17BrO5/c1-5-20-14(17)8(2)12(16)9-6-10(15)13(19-4)11(7-9)18-3/h6-7,12,16H,2,5H2,1,3-4H3. The first-order chi connectivity index (χ1) is 9.46. The van der Waals surface area contributed by atoms with Crippen LogP contribution < -0.4 is 9.47 Å². The summed E-state index contributed by atoms with van der Waals surface area (Å²) in [6, 6.07) is 3.22. The van der Waals surface area contributed by atoms with E-state index in [1.165, 1.54) is 14.2 Å². The van der Waals surface area contributed by atoms with Crippen LogP contribution in [0.2, 0.25) is 0 Å². The van der Waals surface area contributed by atoms with Crippen molar-refractivity contribution >= 4 is 21.9 Å². The Hall–Kier alpha value is -1.53. The predicted molar refractivity (Wildman–Crippen MR) is 78.0 cm³/mol. The van der Waals surface area contributed by atoms with Gasteiger partial charge in [-0.15, -0.1) is 0 Å². The van der Waals surface area contributed by atoms with Crippen molar-refractivity contribution in [3.63, 3.8) is 0 Å². The number of carbonyl (C=O) groups is 1. The number of aliphatic hydroxyl groups excluding tert-OH is 1. The molecule has 0 amide bonds. The van der Waals surface area contributed by atoms with E-state index in [1.54, 1.807) is 19.1 Å². The molecule has 1 unspecified atom stereocenters. The molecule has 0 heterocycles. The molecule has 0 aliphatic rings. The molecule has 5 nitrogen and oxygen atoms in total. The molecule has 1 rings (SSSR count). The summed E-state index contributed by atoms with van der Waals surface area (Å²) >= 11 is 3.32. The van der Waals surface area contributed by atoms with Gasteiger partial charge in [-0.05, 0) is 40.5 Å². The van der Waals surface area contributed by atoms with Crippen molar-refractivity contribution in [2.75, 3.05) is 20.8 Å². The monoisotopic (exact) mass is 344 g/mol. The number of hydrogen-bond acceptors (Lipinski definition) is 5. The molecule has 0 bridgehead atoms. The Kier molecular flexibility index (Phi) is 6.04. The van der Waals surface area contributed by atoms with Gasteiger partial charge >= 0.3 is 5.97 Å². The first-order valence-corrected chi connectivity index (χ1v) is 6.70. The Morgan fingerprint density at radius 2 is 2.05 bits per heavy atom. The van der Waals surface area contributed by atoms with Gasteiger partial charge in [0.2, 0.25) is 0 Å². The maximum Gasteiger partial charge on any atom is 0.336 e. The number of carbonyl (C=O) groups excluding carboxylic acids is 1. The zero-order valence-corrected chi connectivity index (χ0v) is 13.2. The lowest BCUT2D eigenvalue weighted by Gasteiger charge is -2.16. The van der Waals surface area contributed by atoms with Crippen LogP contribution >= 0.6 is 15.9 Å². The fraction of sp³-hybridized carbons (Fsp3) is 0.357. The van der Waals surface area contributed by atoms with E-state index in [9.17, 15) is 9.90 Å². The fourth-order valence-corrected chi connectivity index (χ4v) is 2.25. The lowest BCUT2D eigenvalue weighted by molar-refractivity contribution is -0.139. The van der Waals surface area contributed by atoms with E-state index < -0.39 is 12.1 Å². The highest BCUT2D eigenvalue weighted by Crippen LogP contribution is 2.38. The topological polar surface area (TPSA) is 65.0 Å². The largest absolute Gasteiger partial charge is 0.493 e. The molecule has 0 radical (unpaired) electrons. The van der Waals surface area contributed by atoms with Gasteiger partial charge in [0.15, 0.2) is 11.5 Å². The zero-order valence-electron chi connectivity index (χ0n) is 11.6. The molecular formula is C14H17BrO5. The molecule has 6 heteroatoms. The van der Waals surface area contributed by atoms with E-state index in [0.717, 1.165) is 0 Å². The summed E-state index contributed by atoms with van der Waals surface area (Å²) < 4.78 is 15.8. The Morgan fingerprint density at radius 3 is 2.55 bits per heavy atom. The summed E-state index contributed by atoms with van der Waals surface area (Å²) in [4.78, 5) is 11.6. The summed E-state index contributed by atoms with van der Waals surface area (Å²) in [7, 11) is 3.00. The third kappa shape index (κ3) is 3.52. The molecule has 0 aliphatic heterocycles. The average molecular weight is 345 g/mol. The molecule has 1 aromatic carbocycles. The molecule has 20 heavy (non-hydrogen) atoms. The fourth-order valence-electron chi connectivity index (χ4n) is 1.63. The second-order valence-corrected chi connectivity index (χ2v) is 4.74. The van der Waals surface area contributed by atoms with Crippen molar-refractivity contribution in [2.45, 2.75) is 13.0 Å². The molecule has 0 saturated carbocycles. The van der Waals surface area contributed by atoms with Crippen molar-refractivity contribution in [3.05, 3.63) is 34.3 Å².